The van der Waals surface area contributed by atoms with E-state index >= 15 is 4.39 Å². The number of benzene rings is 3. The Bertz CT molecular complexity index is 1520. The molecule has 1 aliphatic carbocycles. The van der Waals surface area contributed by atoms with Crippen molar-refractivity contribution >= 4 is 27.4 Å². The third-order valence-electron chi connectivity index (χ3n) is 8.01. The Hall–Kier alpha value is -3.27. The van der Waals surface area contributed by atoms with Crippen LogP contribution in [0.5, 0.6) is 0 Å². The quantitative estimate of drug-likeness (QED) is 0.340. The molecule has 0 radical (unpaired) electrons. The fourth-order valence-electron chi connectivity index (χ4n) is 5.45. The van der Waals surface area contributed by atoms with E-state index in [9.17, 15) is 13.2 Å². The first-order valence-corrected chi connectivity index (χ1v) is 15.3. The molecule has 0 spiro atoms. The van der Waals surface area contributed by atoms with Crippen LogP contribution in [0.2, 0.25) is 0 Å². The maximum atomic E-state index is 16.2. The third kappa shape index (κ3) is 5.13. The van der Waals surface area contributed by atoms with Gasteiger partial charge < -0.3 is 15.4 Å². The van der Waals surface area contributed by atoms with Crippen LogP contribution in [-0.4, -0.2) is 44.9 Å². The Balaban J connectivity index is 1.73. The molecule has 0 unspecified atom stereocenters. The van der Waals surface area contributed by atoms with Gasteiger partial charge in [-0.15, -0.1) is 0 Å². The molecule has 0 aromatic heterocycles. The van der Waals surface area contributed by atoms with Gasteiger partial charge in [-0.25, -0.2) is 17.6 Å². The van der Waals surface area contributed by atoms with Gasteiger partial charge in [0, 0.05) is 36.4 Å². The molecule has 5 rings (SSSR count). The predicted molar refractivity (Wildman–Crippen MR) is 155 cm³/mol. The minimum Gasteiger partial charge on any atom is -0.462 e. The van der Waals surface area contributed by atoms with E-state index in [1.807, 2.05) is 35.2 Å². The van der Waals surface area contributed by atoms with Gasteiger partial charge >= 0.3 is 5.97 Å². The van der Waals surface area contributed by atoms with Gasteiger partial charge in [0.2, 0.25) is 10.0 Å². The van der Waals surface area contributed by atoms with E-state index in [2.05, 4.69) is 6.92 Å². The minimum absolute atomic E-state index is 0.0172. The molecule has 3 aromatic rings. The van der Waals surface area contributed by atoms with Crippen molar-refractivity contribution in [2.75, 3.05) is 25.1 Å². The van der Waals surface area contributed by atoms with Crippen molar-refractivity contribution in [2.45, 2.75) is 62.4 Å². The number of carbonyl (C=O) groups excluding carboxylic acids is 1. The second-order valence-corrected chi connectivity index (χ2v) is 12.7. The molecule has 3 aromatic carbocycles. The summed E-state index contributed by atoms with van der Waals surface area (Å²) >= 11 is 0. The number of para-hydroxylation sites is 1. The number of carbonyl (C=O) groups is 1. The molecular formula is C31H36FN3O4S. The zero-order valence-corrected chi connectivity index (χ0v) is 24.0. The van der Waals surface area contributed by atoms with Gasteiger partial charge in [0.05, 0.1) is 17.9 Å². The fourth-order valence-corrected chi connectivity index (χ4v) is 7.03. The maximum absolute atomic E-state index is 16.2. The normalized spacial score (nSPS) is 19.5. The van der Waals surface area contributed by atoms with Crippen LogP contribution in [-0.2, 0) is 20.3 Å². The molecule has 2 N–H and O–H groups in total. The van der Waals surface area contributed by atoms with Crippen LogP contribution < -0.4 is 10.6 Å². The molecule has 1 fully saturated rings. The summed E-state index contributed by atoms with van der Waals surface area (Å²) in [5.41, 5.74) is 8.42. The summed E-state index contributed by atoms with van der Waals surface area (Å²) in [5.74, 6) is -1.12. The molecule has 0 saturated heterocycles. The van der Waals surface area contributed by atoms with E-state index in [4.69, 9.17) is 10.5 Å². The lowest BCUT2D eigenvalue weighted by molar-refractivity contribution is 0.0526. The van der Waals surface area contributed by atoms with Crippen molar-refractivity contribution in [3.63, 3.8) is 0 Å². The number of halogens is 1. The first-order chi connectivity index (χ1) is 19.1. The zero-order chi connectivity index (χ0) is 28.7. The molecular weight excluding hydrogens is 529 g/mol. The molecule has 0 amide bonds. The van der Waals surface area contributed by atoms with E-state index < -0.39 is 27.3 Å². The molecule has 1 heterocycles. The minimum atomic E-state index is -3.99. The fraction of sp³-hybridized carbons (Fsp3) is 0.387. The number of hydrogen-bond donors (Lipinski definition) is 1. The summed E-state index contributed by atoms with van der Waals surface area (Å²) in [7, 11) is -2.39. The number of unbranched alkanes of at least 4 members (excludes halogenated alkanes) is 1. The van der Waals surface area contributed by atoms with Gasteiger partial charge in [-0.2, -0.15) is 4.31 Å². The first kappa shape index (κ1) is 28.3. The molecule has 1 atom stereocenters. The SMILES string of the molecule is CCCC[C@@H]1CN(c2ccccc2)c2cc(F)c(-c3cc(C(=O)OCC)ccc3C3(N)CC3)cc2S(=O)(=O)N1C. The predicted octanol–water partition coefficient (Wildman–Crippen LogP) is 5.95. The lowest BCUT2D eigenvalue weighted by atomic mass is 9.91. The highest BCUT2D eigenvalue weighted by atomic mass is 32.2. The standard InChI is InChI=1S/C31H36FN3O4S/c1-4-6-10-23-20-35(22-11-8-7-9-12-22)28-19-27(32)25(18-29(28)40(37,38)34(23)3)24-17-21(30(36)39-5-2)13-14-26(24)31(33)15-16-31/h7-9,11-14,17-19,23H,4-6,10,15-16,20,33H2,1-3H3/t23-/m1/s1. The molecule has 2 aliphatic rings. The average molecular weight is 566 g/mol. The van der Waals surface area contributed by atoms with Gasteiger partial charge in [-0.3, -0.25) is 0 Å². The number of fused-ring (bicyclic) bond motifs is 1. The van der Waals surface area contributed by atoms with Crippen molar-refractivity contribution < 1.29 is 22.3 Å². The second-order valence-electron chi connectivity index (χ2n) is 10.7. The Morgan fingerprint density at radius 1 is 1.07 bits per heavy atom. The molecule has 9 heteroatoms. The van der Waals surface area contributed by atoms with Crippen molar-refractivity contribution in [1.82, 2.24) is 4.31 Å². The molecule has 212 valence electrons. The Morgan fingerprint density at radius 3 is 2.45 bits per heavy atom. The third-order valence-corrected chi connectivity index (χ3v) is 9.95. The van der Waals surface area contributed by atoms with Gasteiger partial charge in [0.25, 0.3) is 0 Å². The molecule has 7 nitrogen and oxygen atoms in total. The van der Waals surface area contributed by atoms with E-state index in [1.54, 1.807) is 32.2 Å². The Kier molecular flexibility index (Phi) is 7.74. The van der Waals surface area contributed by atoms with E-state index in [0.717, 1.165) is 18.5 Å². The Morgan fingerprint density at radius 2 is 1.80 bits per heavy atom. The summed E-state index contributed by atoms with van der Waals surface area (Å²) in [4.78, 5) is 14.5. The lowest BCUT2D eigenvalue weighted by Crippen LogP contribution is -2.40. The number of esters is 1. The number of ether oxygens (including phenoxy) is 1. The smallest absolute Gasteiger partial charge is 0.338 e. The van der Waals surface area contributed by atoms with Crippen LogP contribution >= 0.6 is 0 Å². The topological polar surface area (TPSA) is 92.9 Å². The van der Waals surface area contributed by atoms with Crippen LogP contribution in [0.1, 0.15) is 61.9 Å². The number of likely N-dealkylation sites (N-methyl/N-ethyl adjacent to an activating group) is 1. The highest BCUT2D eigenvalue weighted by Gasteiger charge is 2.43. The van der Waals surface area contributed by atoms with E-state index in [1.165, 1.54) is 16.4 Å². The van der Waals surface area contributed by atoms with Crippen LogP contribution in [0.4, 0.5) is 15.8 Å². The van der Waals surface area contributed by atoms with E-state index in [-0.39, 0.29) is 34.4 Å². The number of sulfonamides is 1. The molecule has 1 aliphatic heterocycles. The maximum Gasteiger partial charge on any atom is 0.338 e. The van der Waals surface area contributed by atoms with Gasteiger partial charge in [-0.05, 0) is 73.7 Å². The summed E-state index contributed by atoms with van der Waals surface area (Å²) in [5, 5.41) is 0. The second kappa shape index (κ2) is 11.0. The lowest BCUT2D eigenvalue weighted by Gasteiger charge is -2.29. The van der Waals surface area contributed by atoms with Crippen LogP contribution in [0, 0.1) is 5.82 Å². The largest absolute Gasteiger partial charge is 0.462 e. The number of nitrogens with two attached hydrogens (primary N) is 1. The molecule has 0 bridgehead atoms. The first-order valence-electron chi connectivity index (χ1n) is 13.9. The Labute approximate surface area is 235 Å². The van der Waals surface area contributed by atoms with E-state index in [0.29, 0.717) is 36.9 Å². The summed E-state index contributed by atoms with van der Waals surface area (Å²) in [6, 6.07) is 16.8. The average Bonchev–Trinajstić information content (AvgIpc) is 3.71. The van der Waals surface area contributed by atoms with Crippen molar-refractivity contribution in [3.8, 4) is 11.1 Å². The van der Waals surface area contributed by atoms with Gasteiger partial charge in [0.1, 0.15) is 10.7 Å². The number of anilines is 2. The van der Waals surface area contributed by atoms with Crippen molar-refractivity contribution in [2.24, 2.45) is 5.73 Å². The number of nitrogens with zero attached hydrogens (tertiary/aromatic N) is 2. The van der Waals surface area contributed by atoms with Crippen LogP contribution in [0.3, 0.4) is 0 Å². The van der Waals surface area contributed by atoms with Gasteiger partial charge in [-0.1, -0.05) is 44.0 Å². The summed E-state index contributed by atoms with van der Waals surface area (Å²) < 4.78 is 51.0. The zero-order valence-electron chi connectivity index (χ0n) is 23.2. The summed E-state index contributed by atoms with van der Waals surface area (Å²) in [6.45, 7) is 4.37. The van der Waals surface area contributed by atoms with Crippen molar-refractivity contribution in [3.05, 3.63) is 77.6 Å². The molecule has 1 saturated carbocycles. The summed E-state index contributed by atoms with van der Waals surface area (Å²) in [6.07, 6.45) is 3.91. The van der Waals surface area contributed by atoms with Crippen LogP contribution in [0.15, 0.2) is 65.6 Å². The number of hydrogen-bond acceptors (Lipinski definition) is 6. The highest BCUT2D eigenvalue weighted by molar-refractivity contribution is 7.89. The van der Waals surface area contributed by atoms with Gasteiger partial charge in [0.15, 0.2) is 0 Å². The van der Waals surface area contributed by atoms with Crippen molar-refractivity contribution in [1.29, 1.82) is 0 Å². The monoisotopic (exact) mass is 565 g/mol. The number of rotatable bonds is 8. The molecule has 40 heavy (non-hydrogen) atoms. The van der Waals surface area contributed by atoms with Crippen LogP contribution in [0.25, 0.3) is 11.1 Å². The highest BCUT2D eigenvalue weighted by Crippen LogP contribution is 2.48.